The fraction of sp³-hybridized carbons (Fsp3) is 0.600. The van der Waals surface area contributed by atoms with Gasteiger partial charge in [-0.15, -0.1) is 0 Å². The number of furan rings is 1. The molecule has 0 amide bonds. The molecule has 7 rings (SSSR count). The van der Waals surface area contributed by atoms with E-state index in [9.17, 15) is 19.8 Å². The van der Waals surface area contributed by atoms with Crippen LogP contribution in [0.1, 0.15) is 31.9 Å². The van der Waals surface area contributed by atoms with Crippen molar-refractivity contribution in [2.75, 3.05) is 0 Å². The smallest absolute Gasteiger partial charge is 0.342 e. The standard InChI is InChI=1S/C20H20O8/c1-18-6-10(8-3-4-25-7-8)26-16(22)9(18)5-11(21)19(2)14(18)12-13-15(27-13)20(19,24)17(23)28-12/h3-5,7,10-15,21,24H,6H2,1-2H3/t10-,11?,12-,13+,14+,15+,18-,19-,20+/m1/s1. The second-order valence-corrected chi connectivity index (χ2v) is 9.02. The van der Waals surface area contributed by atoms with Gasteiger partial charge in [-0.25, -0.2) is 9.59 Å². The molecule has 8 heteroatoms. The number of cyclic esters (lactones) is 1. The van der Waals surface area contributed by atoms with E-state index in [0.717, 1.165) is 5.56 Å². The largest absolute Gasteiger partial charge is 0.472 e. The molecule has 0 radical (unpaired) electrons. The molecule has 148 valence electrons. The number of aliphatic hydroxyl groups excluding tert-OH is 1. The molecule has 5 fully saturated rings. The summed E-state index contributed by atoms with van der Waals surface area (Å²) in [6.45, 7) is 3.61. The van der Waals surface area contributed by atoms with Crippen molar-refractivity contribution in [3.05, 3.63) is 35.8 Å². The second kappa shape index (κ2) is 4.69. The van der Waals surface area contributed by atoms with Crippen molar-refractivity contribution >= 4 is 11.9 Å². The molecule has 0 aromatic carbocycles. The maximum Gasteiger partial charge on any atom is 0.342 e. The zero-order valence-electron chi connectivity index (χ0n) is 15.3. The van der Waals surface area contributed by atoms with Crippen molar-refractivity contribution in [1.29, 1.82) is 0 Å². The van der Waals surface area contributed by atoms with Crippen LogP contribution in [0.25, 0.3) is 0 Å². The molecule has 4 aliphatic heterocycles. The minimum Gasteiger partial charge on any atom is -0.472 e. The Morgan fingerprint density at radius 1 is 1.18 bits per heavy atom. The normalized spacial score (nSPS) is 53.4. The number of fused-ring (bicyclic) bond motifs is 2. The molecule has 1 unspecified atom stereocenters. The van der Waals surface area contributed by atoms with E-state index in [-0.39, 0.29) is 0 Å². The lowest BCUT2D eigenvalue weighted by atomic mass is 9.42. The fourth-order valence-corrected chi connectivity index (χ4v) is 6.39. The van der Waals surface area contributed by atoms with Crippen LogP contribution in [0.5, 0.6) is 0 Å². The van der Waals surface area contributed by atoms with Crippen molar-refractivity contribution in [1.82, 2.24) is 0 Å². The van der Waals surface area contributed by atoms with Crippen LogP contribution in [0.15, 0.2) is 34.7 Å². The average molecular weight is 388 g/mol. The fourth-order valence-electron chi connectivity index (χ4n) is 6.39. The lowest BCUT2D eigenvalue weighted by Gasteiger charge is -2.65. The highest BCUT2D eigenvalue weighted by Gasteiger charge is 2.85. The van der Waals surface area contributed by atoms with Gasteiger partial charge in [0.15, 0.2) is 5.60 Å². The van der Waals surface area contributed by atoms with E-state index in [1.165, 1.54) is 18.6 Å². The molecule has 8 nitrogen and oxygen atoms in total. The van der Waals surface area contributed by atoms with Crippen LogP contribution in [-0.4, -0.2) is 52.2 Å². The van der Waals surface area contributed by atoms with E-state index in [2.05, 4.69) is 0 Å². The van der Waals surface area contributed by atoms with Gasteiger partial charge < -0.3 is 28.8 Å². The Morgan fingerprint density at radius 3 is 2.68 bits per heavy atom. The number of epoxide rings is 1. The number of carbonyl (C=O) groups is 2. The average Bonchev–Trinajstić information content (AvgIpc) is 3.27. The molecule has 2 N–H and O–H groups in total. The lowest BCUT2D eigenvalue weighted by molar-refractivity contribution is -0.276. The van der Waals surface area contributed by atoms with Gasteiger partial charge in [0.05, 0.1) is 18.6 Å². The van der Waals surface area contributed by atoms with Gasteiger partial charge in [-0.05, 0) is 18.6 Å². The first-order valence-electron chi connectivity index (χ1n) is 9.45. The third-order valence-electron chi connectivity index (χ3n) is 7.85. The first-order valence-corrected chi connectivity index (χ1v) is 9.45. The molecule has 5 heterocycles. The number of esters is 2. The number of ether oxygens (including phenoxy) is 3. The van der Waals surface area contributed by atoms with Gasteiger partial charge in [-0.1, -0.05) is 13.8 Å². The van der Waals surface area contributed by atoms with E-state index in [0.29, 0.717) is 12.0 Å². The quantitative estimate of drug-likeness (QED) is 0.531. The lowest BCUT2D eigenvalue weighted by Crippen LogP contribution is -2.78. The minimum absolute atomic E-state index is 0.353. The van der Waals surface area contributed by atoms with Crippen molar-refractivity contribution in [3.8, 4) is 0 Å². The van der Waals surface area contributed by atoms with Crippen molar-refractivity contribution in [2.24, 2.45) is 16.7 Å². The van der Waals surface area contributed by atoms with Gasteiger partial charge in [0.2, 0.25) is 0 Å². The molecular formula is C20H20O8. The third kappa shape index (κ3) is 1.58. The minimum atomic E-state index is -1.96. The van der Waals surface area contributed by atoms with E-state index < -0.39 is 64.8 Å². The Hall–Kier alpha value is -2.16. The first-order chi connectivity index (χ1) is 13.2. The molecule has 9 atom stereocenters. The molecule has 4 saturated heterocycles. The van der Waals surface area contributed by atoms with Crippen LogP contribution in [0, 0.1) is 16.7 Å². The molecule has 28 heavy (non-hydrogen) atoms. The van der Waals surface area contributed by atoms with Crippen molar-refractivity contribution < 1.29 is 38.4 Å². The Balaban J connectivity index is 1.54. The summed E-state index contributed by atoms with van der Waals surface area (Å²) >= 11 is 0. The molecule has 1 saturated carbocycles. The third-order valence-corrected chi connectivity index (χ3v) is 7.85. The first kappa shape index (κ1) is 16.8. The molecule has 2 aliphatic carbocycles. The summed E-state index contributed by atoms with van der Waals surface area (Å²) in [5.74, 6) is -1.79. The van der Waals surface area contributed by atoms with Gasteiger partial charge in [0.1, 0.15) is 24.4 Å². The SMILES string of the molecule is C[C@@]12C[C@H](c3ccoc3)OC(=O)C1=CC(O)[C@]1(C)[C@H]2[C@@H]2OC(=O)[C@@]1(O)[C@H]1O[C@@H]21. The zero-order chi connectivity index (χ0) is 19.6. The summed E-state index contributed by atoms with van der Waals surface area (Å²) in [6.07, 6.45) is 1.40. The Bertz CT molecular complexity index is 936. The van der Waals surface area contributed by atoms with Crippen LogP contribution < -0.4 is 0 Å². The summed E-state index contributed by atoms with van der Waals surface area (Å²) < 4.78 is 22.0. The Labute approximate surface area is 160 Å². The van der Waals surface area contributed by atoms with Crippen molar-refractivity contribution in [3.63, 3.8) is 0 Å². The monoisotopic (exact) mass is 388 g/mol. The summed E-state index contributed by atoms with van der Waals surface area (Å²) in [4.78, 5) is 25.5. The molecule has 1 aromatic heterocycles. The van der Waals surface area contributed by atoms with Crippen LogP contribution in [0.4, 0.5) is 0 Å². The van der Waals surface area contributed by atoms with E-state index >= 15 is 0 Å². The van der Waals surface area contributed by atoms with Gasteiger partial charge in [0.25, 0.3) is 0 Å². The molecule has 2 bridgehead atoms. The zero-order valence-corrected chi connectivity index (χ0v) is 15.3. The number of carbonyl (C=O) groups excluding carboxylic acids is 2. The number of hydrogen-bond donors (Lipinski definition) is 2. The highest BCUT2D eigenvalue weighted by atomic mass is 16.7. The van der Waals surface area contributed by atoms with Gasteiger partial charge >= 0.3 is 11.9 Å². The van der Waals surface area contributed by atoms with Gasteiger partial charge in [0, 0.05) is 27.9 Å². The summed E-state index contributed by atoms with van der Waals surface area (Å²) in [5.41, 5.74) is -2.91. The maximum absolute atomic E-state index is 12.9. The number of rotatable bonds is 1. The topological polar surface area (TPSA) is 119 Å². The maximum atomic E-state index is 12.9. The molecular weight excluding hydrogens is 368 g/mol. The second-order valence-electron chi connectivity index (χ2n) is 9.02. The summed E-state index contributed by atoms with van der Waals surface area (Å²) in [7, 11) is 0. The van der Waals surface area contributed by atoms with Gasteiger partial charge in [-0.3, -0.25) is 0 Å². The van der Waals surface area contributed by atoms with Gasteiger partial charge in [-0.2, -0.15) is 0 Å². The Morgan fingerprint density at radius 2 is 1.96 bits per heavy atom. The van der Waals surface area contributed by atoms with Crippen LogP contribution in [0.2, 0.25) is 0 Å². The van der Waals surface area contributed by atoms with Crippen LogP contribution in [0.3, 0.4) is 0 Å². The predicted octanol–water partition coefficient (Wildman–Crippen LogP) is 0.635. The van der Waals surface area contributed by atoms with E-state index in [1.807, 2.05) is 6.92 Å². The molecule has 1 aromatic rings. The van der Waals surface area contributed by atoms with Crippen molar-refractivity contribution in [2.45, 2.75) is 56.4 Å². The molecule has 6 aliphatic rings. The number of aliphatic hydroxyl groups is 2. The highest BCUT2D eigenvalue weighted by molar-refractivity contribution is 5.93. The van der Waals surface area contributed by atoms with E-state index in [4.69, 9.17) is 18.6 Å². The Kier molecular flexibility index (Phi) is 2.81. The summed E-state index contributed by atoms with van der Waals surface area (Å²) in [5, 5.41) is 22.4. The molecule has 0 spiro atoms. The van der Waals surface area contributed by atoms with E-state index in [1.54, 1.807) is 13.0 Å². The van der Waals surface area contributed by atoms with Crippen LogP contribution in [-0.2, 0) is 23.8 Å². The summed E-state index contributed by atoms with van der Waals surface area (Å²) in [6, 6.07) is 1.74. The highest BCUT2D eigenvalue weighted by Crippen LogP contribution is 2.70. The van der Waals surface area contributed by atoms with Crippen LogP contribution >= 0.6 is 0 Å². The predicted molar refractivity (Wildman–Crippen MR) is 89.4 cm³/mol. The number of hydrogen-bond acceptors (Lipinski definition) is 8.